The van der Waals surface area contributed by atoms with E-state index < -0.39 is 10.2 Å². The molecule has 0 amide bonds. The fourth-order valence-corrected chi connectivity index (χ4v) is 3.70. The highest BCUT2D eigenvalue weighted by atomic mass is 32.2. The molecule has 2 aromatic heterocycles. The van der Waals surface area contributed by atoms with E-state index in [1.807, 2.05) is 16.8 Å². The molecular weight excluding hydrogens is 362 g/mol. The van der Waals surface area contributed by atoms with Crippen LogP contribution in [0, 0.1) is 0 Å². The van der Waals surface area contributed by atoms with Crippen LogP contribution in [0.2, 0.25) is 0 Å². The van der Waals surface area contributed by atoms with Crippen molar-refractivity contribution in [1.29, 1.82) is 0 Å². The summed E-state index contributed by atoms with van der Waals surface area (Å²) < 4.78 is 30.0. The number of fused-ring (bicyclic) bond motifs is 1. The van der Waals surface area contributed by atoms with E-state index in [1.54, 1.807) is 18.5 Å². The van der Waals surface area contributed by atoms with Gasteiger partial charge in [-0.05, 0) is 49.4 Å². The minimum absolute atomic E-state index is 0.502. The smallest absolute Gasteiger partial charge is 0.301 e. The quantitative estimate of drug-likeness (QED) is 0.706. The molecule has 0 atom stereocenters. The Morgan fingerprint density at radius 1 is 1.22 bits per heavy atom. The summed E-state index contributed by atoms with van der Waals surface area (Å²) in [5, 5.41) is 1.07. The molecule has 1 aliphatic rings. The van der Waals surface area contributed by atoms with Crippen molar-refractivity contribution in [2.75, 3.05) is 18.8 Å². The van der Waals surface area contributed by atoms with Crippen LogP contribution in [0.4, 0.5) is 5.69 Å². The van der Waals surface area contributed by atoms with E-state index in [2.05, 4.69) is 22.7 Å². The van der Waals surface area contributed by atoms with Gasteiger partial charge in [0.1, 0.15) is 5.69 Å². The van der Waals surface area contributed by atoms with E-state index in [0.29, 0.717) is 11.6 Å². The van der Waals surface area contributed by atoms with Gasteiger partial charge in [0.25, 0.3) is 0 Å². The summed E-state index contributed by atoms with van der Waals surface area (Å²) in [5.41, 5.74) is 4.20. The van der Waals surface area contributed by atoms with Crippen molar-refractivity contribution in [3.05, 3.63) is 42.4 Å². The third kappa shape index (κ3) is 3.54. The van der Waals surface area contributed by atoms with E-state index in [9.17, 15) is 8.42 Å². The minimum atomic E-state index is -3.56. The Balaban J connectivity index is 1.81. The molecule has 0 bridgehead atoms. The summed E-state index contributed by atoms with van der Waals surface area (Å²) in [6.45, 7) is 2.92. The highest BCUT2D eigenvalue weighted by Gasteiger charge is 2.27. The SMILES string of the molecule is CCn1cnc(-c2cc(C3CC3)c3ccc(NS(=O)(=O)N(C)C)cc3n2)c1. The van der Waals surface area contributed by atoms with E-state index in [0.717, 1.165) is 33.1 Å². The summed E-state index contributed by atoms with van der Waals surface area (Å²) in [7, 11) is -0.566. The second-order valence-electron chi connectivity index (χ2n) is 7.08. The molecule has 27 heavy (non-hydrogen) atoms. The number of anilines is 1. The number of aryl methyl sites for hydroxylation is 1. The predicted molar refractivity (Wildman–Crippen MR) is 107 cm³/mol. The topological polar surface area (TPSA) is 80.1 Å². The van der Waals surface area contributed by atoms with E-state index >= 15 is 0 Å². The largest absolute Gasteiger partial charge is 0.337 e. The van der Waals surface area contributed by atoms with Crippen molar-refractivity contribution in [3.63, 3.8) is 0 Å². The third-order valence-corrected chi connectivity index (χ3v) is 6.30. The fraction of sp³-hybridized carbons (Fsp3) is 0.368. The summed E-state index contributed by atoms with van der Waals surface area (Å²) in [6, 6.07) is 7.68. The molecule has 0 aliphatic heterocycles. The Labute approximate surface area is 159 Å². The molecule has 1 aromatic carbocycles. The second kappa shape index (κ2) is 6.61. The molecule has 1 N–H and O–H groups in total. The first-order chi connectivity index (χ1) is 12.9. The van der Waals surface area contributed by atoms with Gasteiger partial charge < -0.3 is 4.57 Å². The second-order valence-corrected chi connectivity index (χ2v) is 8.97. The Morgan fingerprint density at radius 2 is 2.00 bits per heavy atom. The number of nitrogens with zero attached hydrogens (tertiary/aromatic N) is 4. The molecule has 4 rings (SSSR count). The van der Waals surface area contributed by atoms with Crippen LogP contribution in [-0.4, -0.2) is 41.4 Å². The van der Waals surface area contributed by atoms with Crippen LogP contribution in [0.3, 0.4) is 0 Å². The van der Waals surface area contributed by atoms with Gasteiger partial charge in [0.05, 0.1) is 23.2 Å². The Bertz CT molecular complexity index is 1100. The number of hydrogen-bond donors (Lipinski definition) is 1. The summed E-state index contributed by atoms with van der Waals surface area (Å²) in [5.74, 6) is 0.548. The minimum Gasteiger partial charge on any atom is -0.337 e. The van der Waals surface area contributed by atoms with Crippen LogP contribution in [0.15, 0.2) is 36.8 Å². The van der Waals surface area contributed by atoms with Crippen LogP contribution in [0.5, 0.6) is 0 Å². The highest BCUT2D eigenvalue weighted by molar-refractivity contribution is 7.90. The molecule has 0 spiro atoms. The molecular formula is C19H23N5O2S. The molecule has 2 heterocycles. The van der Waals surface area contributed by atoms with Gasteiger partial charge in [-0.15, -0.1) is 0 Å². The molecule has 0 unspecified atom stereocenters. The van der Waals surface area contributed by atoms with Gasteiger partial charge in [-0.3, -0.25) is 4.72 Å². The first-order valence-electron chi connectivity index (χ1n) is 9.04. The van der Waals surface area contributed by atoms with Crippen LogP contribution in [0.1, 0.15) is 31.2 Å². The molecule has 7 nitrogen and oxygen atoms in total. The monoisotopic (exact) mass is 385 g/mol. The van der Waals surface area contributed by atoms with Gasteiger partial charge in [-0.25, -0.2) is 9.97 Å². The Kier molecular flexibility index (Phi) is 4.39. The number of imidazole rings is 1. The predicted octanol–water partition coefficient (Wildman–Crippen LogP) is 3.21. The van der Waals surface area contributed by atoms with Gasteiger partial charge >= 0.3 is 10.2 Å². The molecule has 0 saturated heterocycles. The number of hydrogen-bond acceptors (Lipinski definition) is 4. The maximum Gasteiger partial charge on any atom is 0.301 e. The van der Waals surface area contributed by atoms with Gasteiger partial charge in [0, 0.05) is 32.2 Å². The van der Waals surface area contributed by atoms with Crippen molar-refractivity contribution in [2.45, 2.75) is 32.2 Å². The summed E-state index contributed by atoms with van der Waals surface area (Å²) in [6.07, 6.45) is 6.15. The van der Waals surface area contributed by atoms with Crippen molar-refractivity contribution >= 4 is 26.8 Å². The molecule has 1 saturated carbocycles. The number of benzene rings is 1. The van der Waals surface area contributed by atoms with Crippen LogP contribution < -0.4 is 4.72 Å². The van der Waals surface area contributed by atoms with Crippen LogP contribution in [0.25, 0.3) is 22.3 Å². The Morgan fingerprint density at radius 3 is 2.63 bits per heavy atom. The first-order valence-corrected chi connectivity index (χ1v) is 10.5. The summed E-state index contributed by atoms with van der Waals surface area (Å²) >= 11 is 0. The van der Waals surface area contributed by atoms with Gasteiger partial charge in [0.15, 0.2) is 0 Å². The zero-order valence-corrected chi connectivity index (χ0v) is 16.5. The zero-order valence-electron chi connectivity index (χ0n) is 15.7. The van der Waals surface area contributed by atoms with Crippen molar-refractivity contribution in [3.8, 4) is 11.4 Å². The van der Waals surface area contributed by atoms with Crippen molar-refractivity contribution in [1.82, 2.24) is 18.8 Å². The number of rotatable bonds is 6. The lowest BCUT2D eigenvalue weighted by atomic mass is 10.0. The fourth-order valence-electron chi connectivity index (χ4n) is 3.09. The van der Waals surface area contributed by atoms with E-state index in [1.165, 1.54) is 32.5 Å². The normalized spacial score (nSPS) is 14.8. The lowest BCUT2D eigenvalue weighted by molar-refractivity contribution is 0.527. The number of pyridine rings is 1. The number of nitrogens with one attached hydrogen (secondary N) is 1. The lowest BCUT2D eigenvalue weighted by Gasteiger charge is -2.14. The maximum atomic E-state index is 12.1. The Hall–Kier alpha value is -2.45. The zero-order chi connectivity index (χ0) is 19.2. The molecule has 8 heteroatoms. The molecule has 1 fully saturated rings. The molecule has 142 valence electrons. The number of aromatic nitrogens is 3. The van der Waals surface area contributed by atoms with Crippen molar-refractivity contribution < 1.29 is 8.42 Å². The van der Waals surface area contributed by atoms with Crippen LogP contribution in [-0.2, 0) is 16.8 Å². The average Bonchev–Trinajstić information content (AvgIpc) is 3.36. The average molecular weight is 385 g/mol. The molecule has 1 aliphatic carbocycles. The molecule has 3 aromatic rings. The van der Waals surface area contributed by atoms with E-state index in [-0.39, 0.29) is 0 Å². The lowest BCUT2D eigenvalue weighted by Crippen LogP contribution is -2.28. The van der Waals surface area contributed by atoms with Gasteiger partial charge in [0.2, 0.25) is 0 Å². The van der Waals surface area contributed by atoms with Crippen molar-refractivity contribution in [2.24, 2.45) is 0 Å². The van der Waals surface area contributed by atoms with E-state index in [4.69, 9.17) is 4.98 Å². The first kappa shape index (κ1) is 17.9. The van der Waals surface area contributed by atoms with Crippen LogP contribution >= 0.6 is 0 Å². The third-order valence-electron chi connectivity index (χ3n) is 4.85. The summed E-state index contributed by atoms with van der Waals surface area (Å²) in [4.78, 5) is 9.25. The standard InChI is InChI=1S/C19H23N5O2S/c1-4-24-11-19(20-12-24)18-10-16(13-5-6-13)15-8-7-14(9-17(15)21-18)22-27(25,26)23(2)3/h7-13,22H,4-6H2,1-3H3. The van der Waals surface area contributed by atoms with Gasteiger partial charge in [-0.1, -0.05) is 6.07 Å². The maximum absolute atomic E-state index is 12.1. The van der Waals surface area contributed by atoms with Gasteiger partial charge in [-0.2, -0.15) is 12.7 Å². The highest BCUT2D eigenvalue weighted by Crippen LogP contribution is 2.44. The molecule has 0 radical (unpaired) electrons.